The van der Waals surface area contributed by atoms with Crippen LogP contribution in [0.15, 0.2) is 36.3 Å². The maximum atomic E-state index is 11.1. The Balaban J connectivity index is 2.79. The zero-order valence-electron chi connectivity index (χ0n) is 8.17. The van der Waals surface area contributed by atoms with Gasteiger partial charge in [-0.15, -0.1) is 0 Å². The van der Waals surface area contributed by atoms with Crippen molar-refractivity contribution in [2.45, 2.75) is 0 Å². The van der Waals surface area contributed by atoms with Gasteiger partial charge in [-0.1, -0.05) is 6.58 Å². The maximum Gasteiger partial charge on any atom is 0.409 e. The Morgan fingerprint density at radius 3 is 2.19 bits per heavy atom. The Kier molecular flexibility index (Phi) is 3.51. The summed E-state index contributed by atoms with van der Waals surface area (Å²) >= 11 is 0. The Bertz CT molecular complexity index is 493. The van der Waals surface area contributed by atoms with Crippen molar-refractivity contribution in [2.75, 3.05) is 10.0 Å². The summed E-state index contributed by atoms with van der Waals surface area (Å²) in [6.45, 7) is 3.14. The van der Waals surface area contributed by atoms with Crippen LogP contribution in [0.5, 0.6) is 0 Å². The first-order valence-electron chi connectivity index (χ1n) is 4.18. The van der Waals surface area contributed by atoms with E-state index in [2.05, 4.69) is 16.6 Å². The number of carbonyl (C=O) groups is 1. The molecule has 86 valence electrons. The zero-order chi connectivity index (χ0) is 12.2. The van der Waals surface area contributed by atoms with Crippen LogP contribution in [0, 0.1) is 0 Å². The SMILES string of the molecule is C=CS(=O)(=O)Nc1ccc(NC(=O)O)cc1. The molecule has 3 N–H and O–H groups in total. The van der Waals surface area contributed by atoms with Crippen molar-refractivity contribution in [3.63, 3.8) is 0 Å². The minimum atomic E-state index is -3.53. The van der Waals surface area contributed by atoms with Crippen LogP contribution in [0.4, 0.5) is 16.2 Å². The molecule has 6 nitrogen and oxygen atoms in total. The number of amides is 1. The second-order valence-corrected chi connectivity index (χ2v) is 4.45. The molecule has 1 aromatic carbocycles. The smallest absolute Gasteiger partial charge is 0.409 e. The van der Waals surface area contributed by atoms with Crippen molar-refractivity contribution in [3.05, 3.63) is 36.3 Å². The highest BCUT2D eigenvalue weighted by Crippen LogP contribution is 2.14. The van der Waals surface area contributed by atoms with Gasteiger partial charge in [-0.2, -0.15) is 0 Å². The maximum absolute atomic E-state index is 11.1. The summed E-state index contributed by atoms with van der Waals surface area (Å²) in [6.07, 6.45) is -1.18. The van der Waals surface area contributed by atoms with E-state index in [9.17, 15) is 13.2 Å². The lowest BCUT2D eigenvalue weighted by Gasteiger charge is -2.05. The highest BCUT2D eigenvalue weighted by Gasteiger charge is 2.04. The molecule has 0 aromatic heterocycles. The lowest BCUT2D eigenvalue weighted by atomic mass is 10.3. The Morgan fingerprint density at radius 2 is 1.75 bits per heavy atom. The lowest BCUT2D eigenvalue weighted by molar-refractivity contribution is 0.209. The first-order valence-corrected chi connectivity index (χ1v) is 5.73. The molecule has 0 saturated heterocycles. The summed E-state index contributed by atoms with van der Waals surface area (Å²) in [4.78, 5) is 10.3. The van der Waals surface area contributed by atoms with E-state index in [1.54, 1.807) is 0 Å². The standard InChI is InChI=1S/C9H10N2O4S/c1-2-16(14,15)11-8-5-3-7(4-6-8)10-9(12)13/h2-6,10-11H,1H2,(H,12,13). The van der Waals surface area contributed by atoms with Crippen LogP contribution in [0.3, 0.4) is 0 Å². The van der Waals surface area contributed by atoms with Gasteiger partial charge in [0.05, 0.1) is 0 Å². The molecule has 0 radical (unpaired) electrons. The third kappa shape index (κ3) is 3.62. The van der Waals surface area contributed by atoms with Gasteiger partial charge < -0.3 is 5.11 Å². The average Bonchev–Trinajstić information content (AvgIpc) is 2.20. The van der Waals surface area contributed by atoms with Crippen molar-refractivity contribution < 1.29 is 18.3 Å². The predicted octanol–water partition coefficient (Wildman–Crippen LogP) is 1.66. The van der Waals surface area contributed by atoms with E-state index < -0.39 is 16.1 Å². The van der Waals surface area contributed by atoms with Crippen molar-refractivity contribution in [3.8, 4) is 0 Å². The molecule has 0 aliphatic carbocycles. The molecule has 1 rings (SSSR count). The van der Waals surface area contributed by atoms with Gasteiger partial charge in [0.1, 0.15) is 0 Å². The Labute approximate surface area is 92.7 Å². The van der Waals surface area contributed by atoms with Crippen molar-refractivity contribution in [1.29, 1.82) is 0 Å². The molecule has 1 aromatic rings. The lowest BCUT2D eigenvalue weighted by Crippen LogP contribution is -2.09. The van der Waals surface area contributed by atoms with Gasteiger partial charge in [0.2, 0.25) is 0 Å². The molecule has 0 fully saturated rings. The van der Waals surface area contributed by atoms with Crippen molar-refractivity contribution in [1.82, 2.24) is 0 Å². The largest absolute Gasteiger partial charge is 0.465 e. The third-order valence-electron chi connectivity index (χ3n) is 1.62. The summed E-state index contributed by atoms with van der Waals surface area (Å²) in [6, 6.07) is 5.75. The minimum absolute atomic E-state index is 0.329. The number of nitrogens with one attached hydrogen (secondary N) is 2. The summed E-state index contributed by atoms with van der Waals surface area (Å²) < 4.78 is 24.4. The van der Waals surface area contributed by atoms with Gasteiger partial charge in [-0.3, -0.25) is 10.0 Å². The fourth-order valence-corrected chi connectivity index (χ4v) is 1.50. The van der Waals surface area contributed by atoms with Crippen LogP contribution >= 0.6 is 0 Å². The van der Waals surface area contributed by atoms with E-state index in [0.29, 0.717) is 11.4 Å². The van der Waals surface area contributed by atoms with Crippen LogP contribution in [-0.4, -0.2) is 19.6 Å². The minimum Gasteiger partial charge on any atom is -0.465 e. The van der Waals surface area contributed by atoms with Crippen LogP contribution in [0.25, 0.3) is 0 Å². The third-order valence-corrected chi connectivity index (χ3v) is 2.57. The van der Waals surface area contributed by atoms with E-state index in [-0.39, 0.29) is 0 Å². The number of carboxylic acid groups (broad SMARTS) is 1. The van der Waals surface area contributed by atoms with Gasteiger partial charge in [0, 0.05) is 16.8 Å². The predicted molar refractivity (Wildman–Crippen MR) is 60.8 cm³/mol. The van der Waals surface area contributed by atoms with E-state index in [0.717, 1.165) is 5.41 Å². The highest BCUT2D eigenvalue weighted by atomic mass is 32.2. The molecule has 0 unspecified atom stereocenters. The van der Waals surface area contributed by atoms with E-state index in [4.69, 9.17) is 5.11 Å². The molecule has 0 atom stereocenters. The second-order valence-electron chi connectivity index (χ2n) is 2.82. The topological polar surface area (TPSA) is 95.5 Å². The van der Waals surface area contributed by atoms with Crippen LogP contribution in [-0.2, 0) is 10.0 Å². The quantitative estimate of drug-likeness (QED) is 0.748. The number of rotatable bonds is 4. The molecular formula is C9H10N2O4S. The van der Waals surface area contributed by atoms with Gasteiger partial charge in [0.15, 0.2) is 0 Å². The monoisotopic (exact) mass is 242 g/mol. The molecular weight excluding hydrogens is 232 g/mol. The van der Waals surface area contributed by atoms with Crippen LogP contribution in [0.1, 0.15) is 0 Å². The molecule has 0 saturated carbocycles. The number of benzene rings is 1. The second kappa shape index (κ2) is 4.67. The molecule has 0 aliphatic heterocycles. The van der Waals surface area contributed by atoms with Gasteiger partial charge in [0.25, 0.3) is 10.0 Å². The highest BCUT2D eigenvalue weighted by molar-refractivity contribution is 7.95. The molecule has 0 spiro atoms. The average molecular weight is 242 g/mol. The summed E-state index contributed by atoms with van der Waals surface area (Å²) in [7, 11) is -3.53. The summed E-state index contributed by atoms with van der Waals surface area (Å²) in [5.41, 5.74) is 0.685. The van der Waals surface area contributed by atoms with Crippen molar-refractivity contribution >= 4 is 27.5 Å². The molecule has 0 aliphatic rings. The van der Waals surface area contributed by atoms with E-state index in [1.807, 2.05) is 0 Å². The van der Waals surface area contributed by atoms with E-state index >= 15 is 0 Å². The van der Waals surface area contributed by atoms with Crippen LogP contribution < -0.4 is 10.0 Å². The molecule has 16 heavy (non-hydrogen) atoms. The first kappa shape index (κ1) is 12.1. The Morgan fingerprint density at radius 1 is 1.25 bits per heavy atom. The zero-order valence-corrected chi connectivity index (χ0v) is 8.99. The normalized spacial score (nSPS) is 10.5. The van der Waals surface area contributed by atoms with Gasteiger partial charge >= 0.3 is 6.09 Å². The van der Waals surface area contributed by atoms with E-state index in [1.165, 1.54) is 24.3 Å². The molecule has 0 bridgehead atoms. The van der Waals surface area contributed by atoms with Crippen molar-refractivity contribution in [2.24, 2.45) is 0 Å². The molecule has 0 heterocycles. The summed E-state index contributed by atoms with van der Waals surface area (Å²) in [5, 5.41) is 11.3. The number of hydrogen-bond donors (Lipinski definition) is 3. The first-order chi connectivity index (χ1) is 7.43. The number of sulfonamides is 1. The molecule has 1 amide bonds. The Hall–Kier alpha value is -2.02. The van der Waals surface area contributed by atoms with Crippen LogP contribution in [0.2, 0.25) is 0 Å². The van der Waals surface area contributed by atoms with Gasteiger partial charge in [-0.25, -0.2) is 13.2 Å². The summed E-state index contributed by atoms with van der Waals surface area (Å²) in [5.74, 6) is 0. The van der Waals surface area contributed by atoms with Gasteiger partial charge in [-0.05, 0) is 24.3 Å². The fraction of sp³-hybridized carbons (Fsp3) is 0. The molecule has 7 heteroatoms. The number of anilines is 2. The fourth-order valence-electron chi connectivity index (χ4n) is 0.951. The number of hydrogen-bond acceptors (Lipinski definition) is 3.